The summed E-state index contributed by atoms with van der Waals surface area (Å²) in [5.74, 6) is 1.84. The Labute approximate surface area is 132 Å². The van der Waals surface area contributed by atoms with E-state index in [-0.39, 0.29) is 22.8 Å². The predicted octanol–water partition coefficient (Wildman–Crippen LogP) is 1.08. The SMILES string of the molecule is CCC1CC(CN)(N2CCSCC2S(=O)(=O)CC)CCO1. The van der Waals surface area contributed by atoms with E-state index < -0.39 is 9.84 Å². The quantitative estimate of drug-likeness (QED) is 0.810. The Morgan fingerprint density at radius 1 is 1.43 bits per heavy atom. The van der Waals surface area contributed by atoms with Gasteiger partial charge >= 0.3 is 0 Å². The number of nitrogens with zero attached hydrogens (tertiary/aromatic N) is 1. The Kier molecular flexibility index (Phi) is 5.99. The zero-order valence-corrected chi connectivity index (χ0v) is 14.7. The molecule has 0 spiro atoms. The summed E-state index contributed by atoms with van der Waals surface area (Å²) < 4.78 is 30.8. The molecule has 0 aromatic heterocycles. The van der Waals surface area contributed by atoms with Crippen LogP contribution in [0.25, 0.3) is 0 Å². The van der Waals surface area contributed by atoms with Crippen LogP contribution in [0.2, 0.25) is 0 Å². The van der Waals surface area contributed by atoms with E-state index in [0.29, 0.717) is 18.9 Å². The zero-order chi connectivity index (χ0) is 15.5. The molecule has 0 amide bonds. The van der Waals surface area contributed by atoms with Gasteiger partial charge in [-0.15, -0.1) is 0 Å². The van der Waals surface area contributed by atoms with E-state index in [2.05, 4.69) is 11.8 Å². The van der Waals surface area contributed by atoms with Gasteiger partial charge in [0, 0.05) is 42.5 Å². The van der Waals surface area contributed by atoms with E-state index in [1.54, 1.807) is 18.7 Å². The summed E-state index contributed by atoms with van der Waals surface area (Å²) in [6.45, 7) is 5.85. The van der Waals surface area contributed by atoms with Crippen molar-refractivity contribution in [2.75, 3.05) is 37.0 Å². The van der Waals surface area contributed by atoms with Crippen molar-refractivity contribution in [2.24, 2.45) is 5.73 Å². The molecule has 0 bridgehead atoms. The molecule has 124 valence electrons. The minimum Gasteiger partial charge on any atom is -0.378 e. The van der Waals surface area contributed by atoms with Crippen LogP contribution < -0.4 is 5.73 Å². The van der Waals surface area contributed by atoms with Crippen molar-refractivity contribution in [3.63, 3.8) is 0 Å². The van der Waals surface area contributed by atoms with E-state index in [1.165, 1.54) is 0 Å². The van der Waals surface area contributed by atoms with Crippen molar-refractivity contribution in [3.8, 4) is 0 Å². The van der Waals surface area contributed by atoms with Crippen LogP contribution in [0.5, 0.6) is 0 Å². The topological polar surface area (TPSA) is 72.6 Å². The smallest absolute Gasteiger partial charge is 0.166 e. The van der Waals surface area contributed by atoms with Crippen LogP contribution in [0.15, 0.2) is 0 Å². The fourth-order valence-electron chi connectivity index (χ4n) is 3.44. The van der Waals surface area contributed by atoms with Crippen LogP contribution in [-0.4, -0.2) is 67.3 Å². The van der Waals surface area contributed by atoms with E-state index in [4.69, 9.17) is 10.5 Å². The fraction of sp³-hybridized carbons (Fsp3) is 1.00. The molecular formula is C14H28N2O3S2. The van der Waals surface area contributed by atoms with Gasteiger partial charge in [-0.2, -0.15) is 11.8 Å². The molecule has 2 rings (SSSR count). The van der Waals surface area contributed by atoms with Crippen LogP contribution in [0.3, 0.4) is 0 Å². The Balaban J connectivity index is 2.29. The minimum absolute atomic E-state index is 0.196. The molecule has 2 N–H and O–H groups in total. The summed E-state index contributed by atoms with van der Waals surface area (Å²) in [6, 6.07) is 0. The van der Waals surface area contributed by atoms with E-state index in [9.17, 15) is 8.42 Å². The summed E-state index contributed by atoms with van der Waals surface area (Å²) in [7, 11) is -3.08. The van der Waals surface area contributed by atoms with Crippen LogP contribution >= 0.6 is 11.8 Å². The van der Waals surface area contributed by atoms with Crippen molar-refractivity contribution in [3.05, 3.63) is 0 Å². The third-order valence-electron chi connectivity index (χ3n) is 4.87. The Hall–Kier alpha value is 0.180. The Morgan fingerprint density at radius 2 is 2.19 bits per heavy atom. The molecule has 3 unspecified atom stereocenters. The molecule has 0 saturated carbocycles. The number of rotatable bonds is 5. The van der Waals surface area contributed by atoms with Crippen LogP contribution in [-0.2, 0) is 14.6 Å². The highest BCUT2D eigenvalue weighted by Crippen LogP contribution is 2.37. The highest BCUT2D eigenvalue weighted by molar-refractivity contribution is 8.01. The average molecular weight is 337 g/mol. The van der Waals surface area contributed by atoms with Gasteiger partial charge in [0.2, 0.25) is 0 Å². The molecular weight excluding hydrogens is 308 g/mol. The summed E-state index contributed by atoms with van der Waals surface area (Å²) in [4.78, 5) is 2.20. The minimum atomic E-state index is -3.08. The van der Waals surface area contributed by atoms with E-state index in [1.807, 2.05) is 0 Å². The average Bonchev–Trinajstić information content (AvgIpc) is 2.54. The second-order valence-electron chi connectivity index (χ2n) is 5.96. The predicted molar refractivity (Wildman–Crippen MR) is 88.3 cm³/mol. The number of hydrogen-bond acceptors (Lipinski definition) is 6. The maximum atomic E-state index is 12.5. The summed E-state index contributed by atoms with van der Waals surface area (Å²) >= 11 is 1.74. The summed E-state index contributed by atoms with van der Waals surface area (Å²) in [5, 5.41) is -0.389. The molecule has 7 heteroatoms. The van der Waals surface area contributed by atoms with Crippen molar-refractivity contribution < 1.29 is 13.2 Å². The lowest BCUT2D eigenvalue weighted by Gasteiger charge is -2.52. The third kappa shape index (κ3) is 3.58. The third-order valence-corrected chi connectivity index (χ3v) is 8.16. The first-order chi connectivity index (χ1) is 9.99. The molecule has 2 heterocycles. The van der Waals surface area contributed by atoms with Gasteiger partial charge < -0.3 is 10.5 Å². The van der Waals surface area contributed by atoms with Gasteiger partial charge in [0.1, 0.15) is 5.37 Å². The van der Waals surface area contributed by atoms with Crippen LogP contribution in [0, 0.1) is 0 Å². The number of sulfone groups is 1. The van der Waals surface area contributed by atoms with Gasteiger partial charge in [-0.1, -0.05) is 13.8 Å². The van der Waals surface area contributed by atoms with Crippen molar-refractivity contribution >= 4 is 21.6 Å². The van der Waals surface area contributed by atoms with Crippen molar-refractivity contribution in [2.45, 2.75) is 50.1 Å². The number of ether oxygens (including phenoxy) is 1. The van der Waals surface area contributed by atoms with Gasteiger partial charge in [-0.3, -0.25) is 4.90 Å². The van der Waals surface area contributed by atoms with Crippen molar-refractivity contribution in [1.82, 2.24) is 4.90 Å². The van der Waals surface area contributed by atoms with E-state index >= 15 is 0 Å². The fourth-order valence-corrected chi connectivity index (χ4v) is 6.53. The lowest BCUT2D eigenvalue weighted by Crippen LogP contribution is -2.65. The van der Waals surface area contributed by atoms with Crippen molar-refractivity contribution in [1.29, 1.82) is 0 Å². The van der Waals surface area contributed by atoms with Gasteiger partial charge in [0.15, 0.2) is 9.84 Å². The molecule has 5 nitrogen and oxygen atoms in total. The first-order valence-corrected chi connectivity index (χ1v) is 10.7. The zero-order valence-electron chi connectivity index (χ0n) is 13.1. The monoisotopic (exact) mass is 336 g/mol. The first-order valence-electron chi connectivity index (χ1n) is 7.87. The Morgan fingerprint density at radius 3 is 2.81 bits per heavy atom. The summed E-state index contributed by atoms with van der Waals surface area (Å²) in [5.41, 5.74) is 5.92. The molecule has 0 radical (unpaired) electrons. The molecule has 2 fully saturated rings. The molecule has 0 aromatic carbocycles. The largest absolute Gasteiger partial charge is 0.378 e. The lowest BCUT2D eigenvalue weighted by atomic mass is 9.84. The van der Waals surface area contributed by atoms with Crippen LogP contribution in [0.1, 0.15) is 33.1 Å². The maximum absolute atomic E-state index is 12.5. The number of thioether (sulfide) groups is 1. The molecule has 2 saturated heterocycles. The van der Waals surface area contributed by atoms with Crippen LogP contribution in [0.4, 0.5) is 0 Å². The highest BCUT2D eigenvalue weighted by Gasteiger charge is 2.47. The molecule has 21 heavy (non-hydrogen) atoms. The highest BCUT2D eigenvalue weighted by atomic mass is 32.2. The molecule has 2 aliphatic rings. The maximum Gasteiger partial charge on any atom is 0.166 e. The van der Waals surface area contributed by atoms with Gasteiger partial charge in [-0.05, 0) is 19.3 Å². The molecule has 0 aliphatic carbocycles. The second kappa shape index (κ2) is 7.17. The van der Waals surface area contributed by atoms with Gasteiger partial charge in [-0.25, -0.2) is 8.42 Å². The first kappa shape index (κ1) is 17.5. The standard InChI is InChI=1S/C14H28N2O3S2/c1-3-12-9-14(11-15,5-7-19-12)16-6-8-20-10-13(16)21(17,18)4-2/h12-13H,3-11,15H2,1-2H3. The van der Waals surface area contributed by atoms with E-state index in [0.717, 1.165) is 31.6 Å². The van der Waals surface area contributed by atoms with Gasteiger partial charge in [0.05, 0.1) is 6.10 Å². The second-order valence-corrected chi connectivity index (χ2v) is 9.56. The molecule has 0 aromatic rings. The summed E-state index contributed by atoms with van der Waals surface area (Å²) in [6.07, 6.45) is 2.83. The molecule has 2 aliphatic heterocycles. The number of nitrogens with two attached hydrogens (primary N) is 1. The molecule has 3 atom stereocenters. The number of hydrogen-bond donors (Lipinski definition) is 1. The normalized spacial score (nSPS) is 35.8. The van der Waals surface area contributed by atoms with Gasteiger partial charge in [0.25, 0.3) is 0 Å². The Bertz CT molecular complexity index is 444. The lowest BCUT2D eigenvalue weighted by molar-refractivity contribution is -0.0735.